The smallest absolute Gasteiger partial charge is 0.225 e. The molecule has 11 heavy (non-hydrogen) atoms. The van der Waals surface area contributed by atoms with Crippen LogP contribution in [0, 0.1) is 0 Å². The molecule has 0 saturated heterocycles. The zero-order valence-corrected chi connectivity index (χ0v) is 5.55. The van der Waals surface area contributed by atoms with Crippen LogP contribution in [0.5, 0.6) is 0 Å². The van der Waals surface area contributed by atoms with Crippen molar-refractivity contribution in [1.82, 2.24) is 0 Å². The van der Waals surface area contributed by atoms with Crippen LogP contribution in [0.2, 0.25) is 0 Å². The number of thiol groups is 1. The van der Waals surface area contributed by atoms with Gasteiger partial charge in [-0.25, -0.2) is 8.42 Å². The molecule has 0 aliphatic carbocycles. The Morgan fingerprint density at radius 2 is 1.45 bits per heavy atom. The van der Waals surface area contributed by atoms with E-state index >= 15 is 0 Å². The summed E-state index contributed by atoms with van der Waals surface area (Å²) in [5, 5.41) is -5.10. The lowest BCUT2D eigenvalue weighted by atomic mass is 10.6. The molecule has 0 N–H and O–H groups in total. The van der Waals surface area contributed by atoms with Gasteiger partial charge in [0.05, 0.1) is 0 Å². The van der Waals surface area contributed by atoms with E-state index in [1.807, 2.05) is 0 Å². The second kappa shape index (κ2) is 3.16. The van der Waals surface area contributed by atoms with Gasteiger partial charge >= 0.3 is 11.3 Å². The third-order valence-corrected chi connectivity index (χ3v) is 1.31. The van der Waals surface area contributed by atoms with E-state index in [1.54, 1.807) is 0 Å². The summed E-state index contributed by atoms with van der Waals surface area (Å²) in [6.45, 7) is 0. The first-order chi connectivity index (χ1) is 4.80. The summed E-state index contributed by atoms with van der Waals surface area (Å²) in [5.74, 6) is -3.23. The first-order valence-electron chi connectivity index (χ1n) is 2.03. The summed E-state index contributed by atoms with van der Waals surface area (Å²) < 4.78 is 75.9. The Morgan fingerprint density at radius 1 is 1.09 bits per heavy atom. The van der Waals surface area contributed by atoms with E-state index in [9.17, 15) is 30.4 Å². The molecule has 0 aliphatic heterocycles. The molecule has 0 rings (SSSR count). The quantitative estimate of drug-likeness (QED) is 0.533. The van der Waals surface area contributed by atoms with Gasteiger partial charge in [-0.05, 0) is 0 Å². The molecule has 0 aromatic heterocycles. The van der Waals surface area contributed by atoms with E-state index in [4.69, 9.17) is 0 Å². The Labute approximate surface area is 59.3 Å². The second-order valence-corrected chi connectivity index (χ2v) is 2.45. The minimum Gasteiger partial charge on any atom is -0.225 e. The van der Waals surface area contributed by atoms with Gasteiger partial charge in [0.1, 0.15) is 0 Å². The van der Waals surface area contributed by atoms with Crippen LogP contribution >= 0.6 is 0 Å². The molecule has 0 unspecified atom stereocenters. The highest BCUT2D eigenvalue weighted by Gasteiger charge is 2.42. The van der Waals surface area contributed by atoms with E-state index in [0.29, 0.717) is 0 Å². The molecule has 0 bridgehead atoms. The van der Waals surface area contributed by atoms with Crippen molar-refractivity contribution in [3.05, 3.63) is 11.9 Å². The average molecular weight is 196 g/mol. The van der Waals surface area contributed by atoms with Gasteiger partial charge in [-0.2, -0.15) is 22.0 Å². The van der Waals surface area contributed by atoms with E-state index in [1.165, 1.54) is 0 Å². The van der Waals surface area contributed by atoms with Crippen molar-refractivity contribution in [2.75, 3.05) is 0 Å². The van der Waals surface area contributed by atoms with Crippen LogP contribution in [0.15, 0.2) is 11.9 Å². The Balaban J connectivity index is 5.02. The first-order valence-corrected chi connectivity index (χ1v) is 3.21. The van der Waals surface area contributed by atoms with Gasteiger partial charge in [0.25, 0.3) is 0 Å². The van der Waals surface area contributed by atoms with Gasteiger partial charge in [0.2, 0.25) is 16.5 Å². The van der Waals surface area contributed by atoms with Crippen LogP contribution in [0.3, 0.4) is 0 Å². The summed E-state index contributed by atoms with van der Waals surface area (Å²) in [6.07, 6.45) is -3.34. The Hall–Kier alpha value is -0.660. The van der Waals surface area contributed by atoms with Crippen LogP contribution in [-0.4, -0.2) is 13.7 Å². The molecule has 0 fully saturated rings. The van der Waals surface area contributed by atoms with Gasteiger partial charge < -0.3 is 0 Å². The fraction of sp³-hybridized carbons (Fsp3) is 0.333. The molecule has 0 aromatic rings. The van der Waals surface area contributed by atoms with Crippen LogP contribution in [0.1, 0.15) is 0 Å². The molecular formula is C3HF5O2S. The third-order valence-electron chi connectivity index (χ3n) is 0.659. The zero-order valence-electron chi connectivity index (χ0n) is 4.65. The van der Waals surface area contributed by atoms with Crippen molar-refractivity contribution in [3.63, 3.8) is 0 Å². The van der Waals surface area contributed by atoms with Gasteiger partial charge in [-0.1, -0.05) is 0 Å². The summed E-state index contributed by atoms with van der Waals surface area (Å²) in [5.41, 5.74) is 0. The Kier molecular flexibility index (Phi) is 2.97. The summed E-state index contributed by atoms with van der Waals surface area (Å²) in [6, 6.07) is 0. The SMILES string of the molecule is O=[SH](=O)C(F)(F)C(F)=C(F)F. The fourth-order valence-corrected chi connectivity index (χ4v) is 0.439. The predicted molar refractivity (Wildman–Crippen MR) is 25.6 cm³/mol. The number of hydrogen-bond donors (Lipinski definition) is 1. The molecule has 0 radical (unpaired) electrons. The van der Waals surface area contributed by atoms with Crippen LogP contribution in [-0.2, 0) is 10.7 Å². The van der Waals surface area contributed by atoms with Gasteiger partial charge in [0.15, 0.2) is 0 Å². The normalized spacial score (nSPS) is 11.8. The molecule has 0 aliphatic rings. The van der Waals surface area contributed by atoms with E-state index < -0.39 is 27.9 Å². The number of alkyl halides is 2. The maximum absolute atomic E-state index is 11.7. The van der Waals surface area contributed by atoms with Crippen molar-refractivity contribution < 1.29 is 30.4 Å². The topological polar surface area (TPSA) is 34.1 Å². The van der Waals surface area contributed by atoms with Crippen molar-refractivity contribution in [3.8, 4) is 0 Å². The van der Waals surface area contributed by atoms with E-state index in [2.05, 4.69) is 0 Å². The number of rotatable bonds is 2. The summed E-state index contributed by atoms with van der Waals surface area (Å²) in [7, 11) is -4.56. The maximum Gasteiger partial charge on any atom is 0.398 e. The third kappa shape index (κ3) is 2.14. The largest absolute Gasteiger partial charge is 0.398 e. The van der Waals surface area contributed by atoms with Crippen molar-refractivity contribution >= 4 is 10.7 Å². The molecule has 0 atom stereocenters. The monoisotopic (exact) mass is 196 g/mol. The molecule has 66 valence electrons. The lowest BCUT2D eigenvalue weighted by molar-refractivity contribution is 0.0986. The maximum atomic E-state index is 11.7. The van der Waals surface area contributed by atoms with Crippen LogP contribution in [0.25, 0.3) is 0 Å². The first kappa shape index (κ1) is 10.3. The highest BCUT2D eigenvalue weighted by atomic mass is 32.2. The van der Waals surface area contributed by atoms with Crippen LogP contribution < -0.4 is 0 Å². The molecule has 8 heteroatoms. The van der Waals surface area contributed by atoms with Gasteiger partial charge in [0, 0.05) is 0 Å². The second-order valence-electron chi connectivity index (χ2n) is 1.37. The average Bonchev–Trinajstić information content (AvgIpc) is 1.85. The van der Waals surface area contributed by atoms with Crippen LogP contribution in [0.4, 0.5) is 22.0 Å². The lowest BCUT2D eigenvalue weighted by Gasteiger charge is -2.03. The number of hydrogen-bond acceptors (Lipinski definition) is 2. The molecule has 0 amide bonds. The molecule has 0 heterocycles. The van der Waals surface area contributed by atoms with Crippen molar-refractivity contribution in [1.29, 1.82) is 0 Å². The minimum atomic E-state index is -5.10. The minimum absolute atomic E-state index is 3.23. The molecule has 0 saturated carbocycles. The molecule has 0 spiro atoms. The Morgan fingerprint density at radius 3 is 1.55 bits per heavy atom. The van der Waals surface area contributed by atoms with Gasteiger partial charge in [-0.15, -0.1) is 0 Å². The van der Waals surface area contributed by atoms with Gasteiger partial charge in [-0.3, -0.25) is 0 Å². The fourth-order valence-electron chi connectivity index (χ4n) is 0.194. The zero-order chi connectivity index (χ0) is 9.23. The summed E-state index contributed by atoms with van der Waals surface area (Å²) in [4.78, 5) is 0. The lowest BCUT2D eigenvalue weighted by Crippen LogP contribution is -2.19. The van der Waals surface area contributed by atoms with E-state index in [-0.39, 0.29) is 0 Å². The molecular weight excluding hydrogens is 195 g/mol. The Bertz CT molecular complexity index is 242. The molecule has 0 aromatic carbocycles. The predicted octanol–water partition coefficient (Wildman–Crippen LogP) is 1.27. The standard InChI is InChI=1S/C3HF5O2S/c4-1(2(5)6)3(7,8)11(9)10/h11H. The highest BCUT2D eigenvalue weighted by Crippen LogP contribution is 2.29. The van der Waals surface area contributed by atoms with E-state index in [0.717, 1.165) is 0 Å². The summed E-state index contributed by atoms with van der Waals surface area (Å²) >= 11 is 0. The highest BCUT2D eigenvalue weighted by molar-refractivity contribution is 7.73. The van der Waals surface area contributed by atoms with Crippen molar-refractivity contribution in [2.45, 2.75) is 5.25 Å². The number of halogens is 5. The molecule has 2 nitrogen and oxygen atoms in total. The van der Waals surface area contributed by atoms with Crippen molar-refractivity contribution in [2.24, 2.45) is 0 Å².